The molecule has 1 atom stereocenters. The fourth-order valence-electron chi connectivity index (χ4n) is 2.66. The van der Waals surface area contributed by atoms with Gasteiger partial charge in [0.2, 0.25) is 5.91 Å². The molecule has 0 fully saturated rings. The molecule has 21 heavy (non-hydrogen) atoms. The van der Waals surface area contributed by atoms with Gasteiger partial charge in [-0.3, -0.25) is 9.59 Å². The summed E-state index contributed by atoms with van der Waals surface area (Å²) in [6.07, 6.45) is 0. The van der Waals surface area contributed by atoms with Crippen molar-refractivity contribution in [2.24, 2.45) is 5.73 Å². The molecule has 1 aromatic heterocycles. The van der Waals surface area contributed by atoms with Gasteiger partial charge in [-0.15, -0.1) is 0 Å². The van der Waals surface area contributed by atoms with Crippen LogP contribution in [-0.4, -0.2) is 36.6 Å². The van der Waals surface area contributed by atoms with Gasteiger partial charge in [0.25, 0.3) is 5.91 Å². The summed E-state index contributed by atoms with van der Waals surface area (Å²) < 4.78 is 12.4. The number of ether oxygens (including phenoxy) is 2. The molecule has 2 aromatic rings. The van der Waals surface area contributed by atoms with Crippen molar-refractivity contribution >= 4 is 22.7 Å². The summed E-state index contributed by atoms with van der Waals surface area (Å²) in [6, 6.07) is 4.52. The second kappa shape index (κ2) is 4.69. The molecule has 0 aliphatic carbocycles. The minimum absolute atomic E-state index is 0.267. The van der Waals surface area contributed by atoms with Gasteiger partial charge in [0.15, 0.2) is 0 Å². The quantitative estimate of drug-likeness (QED) is 0.847. The molecule has 0 saturated heterocycles. The van der Waals surface area contributed by atoms with Crippen molar-refractivity contribution in [2.45, 2.75) is 12.6 Å². The number of carbonyl (C=O) groups is 2. The van der Waals surface area contributed by atoms with Gasteiger partial charge in [0, 0.05) is 5.39 Å². The number of hydrogen-bond acceptors (Lipinski definition) is 4. The summed E-state index contributed by atoms with van der Waals surface area (Å²) in [5.41, 5.74) is 6.47. The highest BCUT2D eigenvalue weighted by atomic mass is 16.5. The minimum Gasteiger partial charge on any atom is -0.496 e. The third-order valence-electron chi connectivity index (χ3n) is 3.67. The average Bonchev–Trinajstić information content (AvgIpc) is 2.86. The predicted octanol–water partition coefficient (Wildman–Crippen LogP) is 0.256. The highest BCUT2D eigenvalue weighted by Gasteiger charge is 2.30. The van der Waals surface area contributed by atoms with Crippen molar-refractivity contribution in [1.82, 2.24) is 9.88 Å². The van der Waals surface area contributed by atoms with Crippen LogP contribution in [0.15, 0.2) is 18.2 Å². The molecule has 0 saturated carbocycles. The SMILES string of the molecule is COc1ccc(OC)c2c1cc1n2CC(C(N)=O)NC1=O. The van der Waals surface area contributed by atoms with Crippen LogP contribution in [0.5, 0.6) is 11.5 Å². The Bertz CT molecular complexity index is 750. The Balaban J connectivity index is 2.29. The van der Waals surface area contributed by atoms with Crippen LogP contribution in [0.4, 0.5) is 0 Å². The molecule has 1 aliphatic rings. The van der Waals surface area contributed by atoms with Gasteiger partial charge in [0.1, 0.15) is 23.2 Å². The Hall–Kier alpha value is -2.70. The van der Waals surface area contributed by atoms with E-state index < -0.39 is 11.9 Å². The first-order valence-electron chi connectivity index (χ1n) is 6.41. The molecule has 1 unspecified atom stereocenters. The fraction of sp³-hybridized carbons (Fsp3) is 0.286. The lowest BCUT2D eigenvalue weighted by Gasteiger charge is -2.24. The van der Waals surface area contributed by atoms with E-state index in [-0.39, 0.29) is 12.5 Å². The number of carbonyl (C=O) groups excluding carboxylic acids is 2. The Morgan fingerprint density at radius 3 is 2.62 bits per heavy atom. The topological polar surface area (TPSA) is 95.6 Å². The van der Waals surface area contributed by atoms with Gasteiger partial charge in [0.05, 0.1) is 26.3 Å². The number of aromatic nitrogens is 1. The van der Waals surface area contributed by atoms with Crippen LogP contribution >= 0.6 is 0 Å². The van der Waals surface area contributed by atoms with E-state index in [0.29, 0.717) is 22.7 Å². The highest BCUT2D eigenvalue weighted by molar-refractivity contribution is 6.04. The molecule has 0 bridgehead atoms. The smallest absolute Gasteiger partial charge is 0.268 e. The molecular formula is C14H15N3O4. The van der Waals surface area contributed by atoms with E-state index >= 15 is 0 Å². The first-order chi connectivity index (χ1) is 10.1. The van der Waals surface area contributed by atoms with Crippen molar-refractivity contribution in [3.63, 3.8) is 0 Å². The zero-order valence-electron chi connectivity index (χ0n) is 11.7. The van der Waals surface area contributed by atoms with E-state index in [2.05, 4.69) is 5.32 Å². The number of nitrogens with two attached hydrogens (primary N) is 1. The highest BCUT2D eigenvalue weighted by Crippen LogP contribution is 2.36. The summed E-state index contributed by atoms with van der Waals surface area (Å²) in [4.78, 5) is 23.5. The van der Waals surface area contributed by atoms with Gasteiger partial charge in [-0.2, -0.15) is 0 Å². The van der Waals surface area contributed by atoms with E-state index in [4.69, 9.17) is 15.2 Å². The lowest BCUT2D eigenvalue weighted by molar-refractivity contribution is -0.120. The Kier molecular flexibility index (Phi) is 2.97. The van der Waals surface area contributed by atoms with Crippen LogP contribution in [0, 0.1) is 0 Å². The number of hydrogen-bond donors (Lipinski definition) is 2. The second-order valence-corrected chi connectivity index (χ2v) is 4.80. The number of nitrogens with zero attached hydrogens (tertiary/aromatic N) is 1. The molecule has 7 heteroatoms. The van der Waals surface area contributed by atoms with Crippen LogP contribution in [0.2, 0.25) is 0 Å². The summed E-state index contributed by atoms with van der Waals surface area (Å²) in [6.45, 7) is 0.267. The van der Waals surface area contributed by atoms with Crippen LogP contribution < -0.4 is 20.5 Å². The Morgan fingerprint density at radius 2 is 2.00 bits per heavy atom. The lowest BCUT2D eigenvalue weighted by atomic mass is 10.2. The van der Waals surface area contributed by atoms with Crippen molar-refractivity contribution < 1.29 is 19.1 Å². The fourth-order valence-corrected chi connectivity index (χ4v) is 2.66. The third-order valence-corrected chi connectivity index (χ3v) is 3.67. The average molecular weight is 289 g/mol. The summed E-state index contributed by atoms with van der Waals surface area (Å²) in [5, 5.41) is 3.35. The summed E-state index contributed by atoms with van der Waals surface area (Å²) in [7, 11) is 3.11. The van der Waals surface area contributed by atoms with E-state index in [1.54, 1.807) is 37.0 Å². The maximum absolute atomic E-state index is 12.1. The first kappa shape index (κ1) is 13.3. The molecule has 3 rings (SSSR count). The van der Waals surface area contributed by atoms with Gasteiger partial charge in [-0.05, 0) is 18.2 Å². The molecule has 2 heterocycles. The normalized spacial score (nSPS) is 17.2. The largest absolute Gasteiger partial charge is 0.496 e. The maximum Gasteiger partial charge on any atom is 0.268 e. The summed E-state index contributed by atoms with van der Waals surface area (Å²) >= 11 is 0. The number of rotatable bonds is 3. The number of methoxy groups -OCH3 is 2. The predicted molar refractivity (Wildman–Crippen MR) is 75.5 cm³/mol. The molecule has 1 aromatic carbocycles. The van der Waals surface area contributed by atoms with E-state index in [9.17, 15) is 9.59 Å². The van der Waals surface area contributed by atoms with Gasteiger partial charge in [-0.1, -0.05) is 0 Å². The molecule has 2 amide bonds. The first-order valence-corrected chi connectivity index (χ1v) is 6.41. The van der Waals surface area contributed by atoms with Crippen molar-refractivity contribution in [3.05, 3.63) is 23.9 Å². The van der Waals surface area contributed by atoms with Crippen LogP contribution in [0.1, 0.15) is 10.5 Å². The molecule has 0 radical (unpaired) electrons. The monoisotopic (exact) mass is 289 g/mol. The standard InChI is InChI=1S/C14H15N3O4/c1-20-10-3-4-11(21-2)12-7(10)5-9-14(19)16-8(13(15)18)6-17(9)12/h3-5,8H,6H2,1-2H3,(H2,15,18)(H,16,19). The van der Waals surface area contributed by atoms with Crippen LogP contribution in [0.25, 0.3) is 10.9 Å². The van der Waals surface area contributed by atoms with Gasteiger partial charge in [-0.25, -0.2) is 0 Å². The molecule has 110 valence electrons. The van der Waals surface area contributed by atoms with E-state index in [0.717, 1.165) is 5.39 Å². The van der Waals surface area contributed by atoms with Crippen LogP contribution in [-0.2, 0) is 11.3 Å². The number of primary amides is 1. The van der Waals surface area contributed by atoms with Crippen molar-refractivity contribution in [3.8, 4) is 11.5 Å². The Labute approximate surface area is 120 Å². The minimum atomic E-state index is -0.739. The zero-order chi connectivity index (χ0) is 15.1. The molecule has 1 aliphatic heterocycles. The van der Waals surface area contributed by atoms with Crippen LogP contribution in [0.3, 0.4) is 0 Å². The number of fused-ring (bicyclic) bond motifs is 3. The maximum atomic E-state index is 12.1. The molecule has 0 spiro atoms. The molecular weight excluding hydrogens is 274 g/mol. The van der Waals surface area contributed by atoms with E-state index in [1.165, 1.54) is 0 Å². The van der Waals surface area contributed by atoms with E-state index in [1.807, 2.05) is 0 Å². The lowest BCUT2D eigenvalue weighted by Crippen LogP contribution is -2.51. The zero-order valence-corrected chi connectivity index (χ0v) is 11.7. The second-order valence-electron chi connectivity index (χ2n) is 4.80. The molecule has 7 nitrogen and oxygen atoms in total. The Morgan fingerprint density at radius 1 is 1.33 bits per heavy atom. The van der Waals surface area contributed by atoms with Crippen molar-refractivity contribution in [1.29, 1.82) is 0 Å². The molecule has 3 N–H and O–H groups in total. The number of amides is 2. The number of nitrogens with one attached hydrogen (secondary N) is 1. The van der Waals surface area contributed by atoms with Gasteiger partial charge < -0.3 is 25.1 Å². The third kappa shape index (κ3) is 1.89. The van der Waals surface area contributed by atoms with Gasteiger partial charge >= 0.3 is 0 Å². The number of benzene rings is 1. The summed E-state index contributed by atoms with van der Waals surface area (Å²) in [5.74, 6) is 0.328. The van der Waals surface area contributed by atoms with Crippen molar-refractivity contribution in [2.75, 3.05) is 14.2 Å².